The van der Waals surface area contributed by atoms with E-state index in [1.807, 2.05) is 0 Å². The summed E-state index contributed by atoms with van der Waals surface area (Å²) >= 11 is 5.66. The Morgan fingerprint density at radius 3 is 2.93 bits per heavy atom. The van der Waals surface area contributed by atoms with Crippen LogP contribution in [0.4, 0.5) is 4.39 Å². The van der Waals surface area contributed by atoms with Gasteiger partial charge >= 0.3 is 0 Å². The van der Waals surface area contributed by atoms with Gasteiger partial charge in [0.1, 0.15) is 11.6 Å². The smallest absolute Gasteiger partial charge is 0.229 e. The average molecular weight is 227 g/mol. The Balaban J connectivity index is 2.82. The highest BCUT2D eigenvalue weighted by molar-refractivity contribution is 6.17. The number of carbonyl (C=O) groups excluding carboxylic acids is 1. The molecule has 0 atom stereocenters. The van der Waals surface area contributed by atoms with Crippen LogP contribution in [0.1, 0.15) is 17.5 Å². The van der Waals surface area contributed by atoms with Crippen LogP contribution in [-0.4, -0.2) is 15.5 Å². The van der Waals surface area contributed by atoms with Crippen molar-refractivity contribution in [3.05, 3.63) is 29.8 Å². The summed E-state index contributed by atoms with van der Waals surface area (Å²) in [5, 5.41) is 0. The van der Waals surface area contributed by atoms with Gasteiger partial charge < -0.3 is 0 Å². The highest BCUT2D eigenvalue weighted by Gasteiger charge is 2.13. The molecule has 0 unspecified atom stereocenters. The van der Waals surface area contributed by atoms with E-state index in [1.54, 1.807) is 0 Å². The summed E-state index contributed by atoms with van der Waals surface area (Å²) in [4.78, 5) is 15.5. The third kappa shape index (κ3) is 1.61. The number of hydrogen-bond acceptors (Lipinski definition) is 2. The molecule has 2 rings (SSSR count). The largest absolute Gasteiger partial charge is 0.274 e. The summed E-state index contributed by atoms with van der Waals surface area (Å²) in [7, 11) is 0. The number of nitrogens with zero attached hydrogens (tertiary/aromatic N) is 2. The van der Waals surface area contributed by atoms with Gasteiger partial charge in [-0.3, -0.25) is 9.36 Å². The first-order chi connectivity index (χ1) is 7.13. The van der Waals surface area contributed by atoms with Gasteiger partial charge in [0.05, 0.1) is 16.9 Å². The first-order valence-electron chi connectivity index (χ1n) is 4.37. The topological polar surface area (TPSA) is 34.9 Å². The number of halogens is 2. The summed E-state index contributed by atoms with van der Waals surface area (Å²) in [6.07, 6.45) is 0. The Hall–Kier alpha value is -1.42. The Labute approximate surface area is 90.5 Å². The van der Waals surface area contributed by atoms with Crippen molar-refractivity contribution < 1.29 is 9.18 Å². The quantitative estimate of drug-likeness (QED) is 0.701. The van der Waals surface area contributed by atoms with E-state index in [4.69, 9.17) is 11.6 Å². The number of benzene rings is 1. The number of hydrogen-bond donors (Lipinski definition) is 0. The molecule has 0 aliphatic carbocycles. The molecule has 78 valence electrons. The molecule has 0 fully saturated rings. The van der Waals surface area contributed by atoms with Crippen molar-refractivity contribution in [3.63, 3.8) is 0 Å². The van der Waals surface area contributed by atoms with Crippen LogP contribution >= 0.6 is 11.6 Å². The van der Waals surface area contributed by atoms with Crippen molar-refractivity contribution >= 4 is 28.5 Å². The fraction of sp³-hybridized carbons (Fsp3) is 0.200. The zero-order valence-corrected chi connectivity index (χ0v) is 8.75. The number of aromatic nitrogens is 2. The van der Waals surface area contributed by atoms with Crippen molar-refractivity contribution in [2.24, 2.45) is 0 Å². The minimum atomic E-state index is -0.397. The predicted octanol–water partition coefficient (Wildman–Crippen LogP) is 2.57. The molecular formula is C10H8ClFN2O. The van der Waals surface area contributed by atoms with Crippen molar-refractivity contribution in [1.82, 2.24) is 9.55 Å². The molecule has 0 N–H and O–H groups in total. The number of rotatable bonds is 1. The molecule has 2 aromatic rings. The lowest BCUT2D eigenvalue weighted by Gasteiger charge is -2.00. The van der Waals surface area contributed by atoms with Crippen LogP contribution in [0.25, 0.3) is 11.0 Å². The molecule has 0 aliphatic rings. The number of alkyl halides is 1. The van der Waals surface area contributed by atoms with E-state index in [2.05, 4.69) is 4.98 Å². The molecular weight excluding hydrogens is 219 g/mol. The summed E-state index contributed by atoms with van der Waals surface area (Å²) in [5.41, 5.74) is 1.03. The van der Waals surface area contributed by atoms with E-state index in [0.29, 0.717) is 16.9 Å². The monoisotopic (exact) mass is 226 g/mol. The van der Waals surface area contributed by atoms with E-state index >= 15 is 0 Å². The molecule has 1 aromatic heterocycles. The van der Waals surface area contributed by atoms with Crippen LogP contribution in [0.3, 0.4) is 0 Å². The minimum Gasteiger partial charge on any atom is -0.274 e. The minimum absolute atomic E-state index is 0.121. The molecule has 3 nitrogen and oxygen atoms in total. The van der Waals surface area contributed by atoms with Crippen LogP contribution in [0.5, 0.6) is 0 Å². The fourth-order valence-corrected chi connectivity index (χ4v) is 1.72. The fourth-order valence-electron chi connectivity index (χ4n) is 1.54. The normalized spacial score (nSPS) is 10.9. The van der Waals surface area contributed by atoms with E-state index in [9.17, 15) is 9.18 Å². The number of imidazole rings is 1. The third-order valence-corrected chi connectivity index (χ3v) is 2.36. The van der Waals surface area contributed by atoms with Gasteiger partial charge in [0, 0.05) is 13.0 Å². The van der Waals surface area contributed by atoms with Crippen molar-refractivity contribution in [3.8, 4) is 0 Å². The summed E-state index contributed by atoms with van der Waals surface area (Å²) in [6, 6.07) is 4.11. The van der Waals surface area contributed by atoms with Gasteiger partial charge in [-0.2, -0.15) is 0 Å². The third-order valence-electron chi connectivity index (χ3n) is 2.12. The highest BCUT2D eigenvalue weighted by atomic mass is 35.5. The van der Waals surface area contributed by atoms with Gasteiger partial charge in [-0.1, -0.05) is 0 Å². The van der Waals surface area contributed by atoms with Gasteiger partial charge in [0.2, 0.25) is 5.91 Å². The molecule has 1 heterocycles. The lowest BCUT2D eigenvalue weighted by molar-refractivity contribution is 0.0938. The van der Waals surface area contributed by atoms with Gasteiger partial charge in [0.25, 0.3) is 0 Å². The second-order valence-electron chi connectivity index (χ2n) is 3.15. The number of fused-ring (bicyclic) bond motifs is 1. The molecule has 0 radical (unpaired) electrons. The molecule has 0 saturated carbocycles. The van der Waals surface area contributed by atoms with Crippen molar-refractivity contribution in [2.45, 2.75) is 12.8 Å². The molecule has 0 spiro atoms. The lowest BCUT2D eigenvalue weighted by Crippen LogP contribution is -2.08. The highest BCUT2D eigenvalue weighted by Crippen LogP contribution is 2.18. The van der Waals surface area contributed by atoms with E-state index < -0.39 is 5.82 Å². The van der Waals surface area contributed by atoms with Crippen molar-refractivity contribution in [2.75, 3.05) is 0 Å². The van der Waals surface area contributed by atoms with Crippen LogP contribution in [0.2, 0.25) is 0 Å². The zero-order valence-electron chi connectivity index (χ0n) is 8.00. The van der Waals surface area contributed by atoms with Crippen LogP contribution in [0.15, 0.2) is 18.2 Å². The maximum atomic E-state index is 13.0. The van der Waals surface area contributed by atoms with E-state index in [0.717, 1.165) is 0 Å². The Morgan fingerprint density at radius 1 is 1.60 bits per heavy atom. The molecule has 5 heteroatoms. The summed E-state index contributed by atoms with van der Waals surface area (Å²) in [5.74, 6) is -0.0647. The van der Waals surface area contributed by atoms with Crippen molar-refractivity contribution in [1.29, 1.82) is 0 Å². The Bertz CT molecular complexity index is 535. The molecule has 15 heavy (non-hydrogen) atoms. The molecule has 0 saturated heterocycles. The second kappa shape index (κ2) is 3.62. The molecule has 0 amide bonds. The first kappa shape index (κ1) is 10.1. The van der Waals surface area contributed by atoms with Crippen LogP contribution in [-0.2, 0) is 5.88 Å². The predicted molar refractivity (Wildman–Crippen MR) is 55.5 cm³/mol. The molecule has 0 aliphatic heterocycles. The SMILES string of the molecule is CC(=O)n1c(CCl)nc2ccc(F)cc21. The van der Waals surface area contributed by atoms with Gasteiger partial charge in [0.15, 0.2) is 0 Å². The standard InChI is InChI=1S/C10H8ClFN2O/c1-6(15)14-9-4-7(12)2-3-8(9)13-10(14)5-11/h2-4H,5H2,1H3. The Kier molecular flexibility index (Phi) is 2.44. The first-order valence-corrected chi connectivity index (χ1v) is 4.90. The van der Waals surface area contributed by atoms with Gasteiger partial charge in [-0.05, 0) is 12.1 Å². The average Bonchev–Trinajstić information content (AvgIpc) is 2.55. The van der Waals surface area contributed by atoms with Crippen LogP contribution in [0, 0.1) is 5.82 Å². The maximum Gasteiger partial charge on any atom is 0.229 e. The molecule has 0 bridgehead atoms. The summed E-state index contributed by atoms with van der Waals surface area (Å²) < 4.78 is 14.3. The lowest BCUT2D eigenvalue weighted by atomic mass is 10.3. The molecule has 1 aromatic carbocycles. The van der Waals surface area contributed by atoms with E-state index in [1.165, 1.54) is 29.7 Å². The number of carbonyl (C=O) groups is 1. The second-order valence-corrected chi connectivity index (χ2v) is 3.42. The van der Waals surface area contributed by atoms with Crippen LogP contribution < -0.4 is 0 Å². The van der Waals surface area contributed by atoms with E-state index in [-0.39, 0.29) is 11.8 Å². The van der Waals surface area contributed by atoms with Gasteiger partial charge in [-0.25, -0.2) is 9.37 Å². The maximum absolute atomic E-state index is 13.0. The Morgan fingerprint density at radius 2 is 2.33 bits per heavy atom. The zero-order chi connectivity index (χ0) is 11.0. The van der Waals surface area contributed by atoms with Gasteiger partial charge in [-0.15, -0.1) is 11.6 Å². The summed E-state index contributed by atoms with van der Waals surface area (Å²) in [6.45, 7) is 1.39.